The Morgan fingerprint density at radius 3 is 2.88 bits per heavy atom. The first-order valence-electron chi connectivity index (χ1n) is 4.95. The Morgan fingerprint density at radius 1 is 1.41 bits per heavy atom. The number of carbonyl (C=O) groups excluding carboxylic acids is 1. The van der Waals surface area contributed by atoms with Gasteiger partial charge in [-0.1, -0.05) is 6.07 Å². The SMILES string of the molecule is Cc1ccc(C#N)cc1Oc1csc(C=O)c1. The zero-order valence-corrected chi connectivity index (χ0v) is 9.95. The van der Waals surface area contributed by atoms with E-state index >= 15 is 0 Å². The predicted octanol–water partition coefficient (Wildman–Crippen LogP) is 3.53. The highest BCUT2D eigenvalue weighted by atomic mass is 32.1. The molecule has 0 atom stereocenters. The molecule has 1 aromatic carbocycles. The predicted molar refractivity (Wildman–Crippen MR) is 65.7 cm³/mol. The highest BCUT2D eigenvalue weighted by Crippen LogP contribution is 2.29. The Balaban J connectivity index is 2.29. The van der Waals surface area contributed by atoms with E-state index in [0.29, 0.717) is 21.9 Å². The van der Waals surface area contributed by atoms with Gasteiger partial charge in [-0.2, -0.15) is 5.26 Å². The zero-order valence-electron chi connectivity index (χ0n) is 9.14. The van der Waals surface area contributed by atoms with E-state index in [-0.39, 0.29) is 0 Å². The fourth-order valence-electron chi connectivity index (χ4n) is 1.36. The molecule has 0 fully saturated rings. The molecule has 2 aromatic rings. The van der Waals surface area contributed by atoms with E-state index in [1.165, 1.54) is 11.3 Å². The van der Waals surface area contributed by atoms with Gasteiger partial charge in [-0.05, 0) is 24.6 Å². The van der Waals surface area contributed by atoms with Crippen LogP contribution in [0.25, 0.3) is 0 Å². The van der Waals surface area contributed by atoms with Crippen molar-refractivity contribution in [1.82, 2.24) is 0 Å². The first kappa shape index (κ1) is 11.4. The van der Waals surface area contributed by atoms with Gasteiger partial charge in [0.1, 0.15) is 11.5 Å². The number of aldehydes is 1. The van der Waals surface area contributed by atoms with E-state index < -0.39 is 0 Å². The average Bonchev–Trinajstić information content (AvgIpc) is 2.80. The molecule has 17 heavy (non-hydrogen) atoms. The van der Waals surface area contributed by atoms with Crippen molar-refractivity contribution >= 4 is 17.6 Å². The summed E-state index contributed by atoms with van der Waals surface area (Å²) in [5.74, 6) is 1.26. The summed E-state index contributed by atoms with van der Waals surface area (Å²) in [5.41, 5.74) is 1.50. The van der Waals surface area contributed by atoms with Crippen LogP contribution in [-0.2, 0) is 0 Å². The molecule has 0 amide bonds. The van der Waals surface area contributed by atoms with Gasteiger partial charge in [0.15, 0.2) is 6.29 Å². The van der Waals surface area contributed by atoms with Crippen LogP contribution < -0.4 is 4.74 Å². The Kier molecular flexibility index (Phi) is 3.22. The molecule has 0 radical (unpaired) electrons. The number of nitriles is 1. The standard InChI is InChI=1S/C13H9NO2S/c1-9-2-3-10(6-14)4-13(9)16-11-5-12(7-15)17-8-11/h2-5,7-8H,1H3. The van der Waals surface area contributed by atoms with Gasteiger partial charge in [-0.15, -0.1) is 11.3 Å². The maximum Gasteiger partial charge on any atom is 0.160 e. The highest BCUT2D eigenvalue weighted by molar-refractivity contribution is 7.11. The second kappa shape index (κ2) is 4.81. The van der Waals surface area contributed by atoms with E-state index in [1.807, 2.05) is 13.0 Å². The molecule has 2 rings (SSSR count). The van der Waals surface area contributed by atoms with Gasteiger partial charge < -0.3 is 4.74 Å². The normalized spacial score (nSPS) is 9.65. The van der Waals surface area contributed by atoms with Crippen LogP contribution in [0.4, 0.5) is 0 Å². The molecule has 1 heterocycles. The average molecular weight is 243 g/mol. The first-order valence-corrected chi connectivity index (χ1v) is 5.83. The van der Waals surface area contributed by atoms with E-state index in [2.05, 4.69) is 6.07 Å². The van der Waals surface area contributed by atoms with Crippen LogP contribution in [0.2, 0.25) is 0 Å². The summed E-state index contributed by atoms with van der Waals surface area (Å²) in [5, 5.41) is 10.6. The molecular formula is C13H9NO2S. The van der Waals surface area contributed by atoms with Crippen LogP contribution in [-0.4, -0.2) is 6.29 Å². The van der Waals surface area contributed by atoms with Gasteiger partial charge in [-0.25, -0.2) is 0 Å². The molecule has 0 N–H and O–H groups in total. The molecule has 0 spiro atoms. The van der Waals surface area contributed by atoms with Gasteiger partial charge in [-0.3, -0.25) is 4.79 Å². The number of nitrogens with zero attached hydrogens (tertiary/aromatic N) is 1. The summed E-state index contributed by atoms with van der Waals surface area (Å²) >= 11 is 1.33. The Morgan fingerprint density at radius 2 is 2.24 bits per heavy atom. The molecule has 0 aliphatic heterocycles. The lowest BCUT2D eigenvalue weighted by atomic mass is 10.1. The van der Waals surface area contributed by atoms with Crippen molar-refractivity contribution in [2.45, 2.75) is 6.92 Å². The van der Waals surface area contributed by atoms with Crippen molar-refractivity contribution in [3.63, 3.8) is 0 Å². The summed E-state index contributed by atoms with van der Waals surface area (Å²) in [6.45, 7) is 1.91. The van der Waals surface area contributed by atoms with Gasteiger partial charge in [0.05, 0.1) is 16.5 Å². The fourth-order valence-corrected chi connectivity index (χ4v) is 1.96. The maximum atomic E-state index is 10.6. The number of hydrogen-bond acceptors (Lipinski definition) is 4. The molecule has 0 aliphatic rings. The number of benzene rings is 1. The second-order valence-electron chi connectivity index (χ2n) is 3.50. The Bertz CT molecular complexity index is 596. The molecule has 3 nitrogen and oxygen atoms in total. The Labute approximate surface area is 103 Å². The summed E-state index contributed by atoms with van der Waals surface area (Å²) in [4.78, 5) is 11.2. The minimum Gasteiger partial charge on any atom is -0.456 e. The number of aryl methyl sites for hydroxylation is 1. The van der Waals surface area contributed by atoms with Crippen LogP contribution in [0.5, 0.6) is 11.5 Å². The molecule has 4 heteroatoms. The molecule has 0 bridgehead atoms. The van der Waals surface area contributed by atoms with Gasteiger partial charge in [0.25, 0.3) is 0 Å². The van der Waals surface area contributed by atoms with E-state index in [0.717, 1.165) is 11.8 Å². The van der Waals surface area contributed by atoms with Crippen molar-refractivity contribution < 1.29 is 9.53 Å². The monoisotopic (exact) mass is 243 g/mol. The lowest BCUT2D eigenvalue weighted by molar-refractivity contribution is 0.112. The minimum atomic E-state index is 0.552. The van der Waals surface area contributed by atoms with E-state index in [4.69, 9.17) is 10.00 Å². The summed E-state index contributed by atoms with van der Waals surface area (Å²) in [7, 11) is 0. The smallest absolute Gasteiger partial charge is 0.160 e. The molecule has 0 saturated heterocycles. The fraction of sp³-hybridized carbons (Fsp3) is 0.0769. The van der Waals surface area contributed by atoms with Gasteiger partial charge >= 0.3 is 0 Å². The van der Waals surface area contributed by atoms with Gasteiger partial charge in [0, 0.05) is 11.4 Å². The number of ether oxygens (including phenoxy) is 1. The van der Waals surface area contributed by atoms with E-state index in [9.17, 15) is 4.79 Å². The first-order chi connectivity index (χ1) is 8.22. The summed E-state index contributed by atoms with van der Waals surface area (Å²) < 4.78 is 5.63. The second-order valence-corrected chi connectivity index (χ2v) is 4.44. The number of thiophene rings is 1. The largest absolute Gasteiger partial charge is 0.456 e. The van der Waals surface area contributed by atoms with E-state index in [1.54, 1.807) is 23.6 Å². The van der Waals surface area contributed by atoms with Crippen molar-refractivity contribution in [3.05, 3.63) is 45.6 Å². The van der Waals surface area contributed by atoms with Gasteiger partial charge in [0.2, 0.25) is 0 Å². The third-order valence-corrected chi connectivity index (χ3v) is 3.09. The zero-order chi connectivity index (χ0) is 12.3. The van der Waals surface area contributed by atoms with Crippen LogP contribution in [0, 0.1) is 18.3 Å². The molecule has 0 aliphatic carbocycles. The molecule has 0 saturated carbocycles. The van der Waals surface area contributed by atoms with Crippen LogP contribution in [0.15, 0.2) is 29.6 Å². The maximum absolute atomic E-state index is 10.6. The lowest BCUT2D eigenvalue weighted by Gasteiger charge is -2.06. The molecule has 0 unspecified atom stereocenters. The Hall–Kier alpha value is -2.12. The summed E-state index contributed by atoms with van der Waals surface area (Å²) in [6, 6.07) is 9.00. The van der Waals surface area contributed by atoms with Crippen LogP contribution >= 0.6 is 11.3 Å². The quantitative estimate of drug-likeness (QED) is 0.775. The highest BCUT2D eigenvalue weighted by Gasteiger charge is 2.05. The van der Waals surface area contributed by atoms with Crippen LogP contribution in [0.1, 0.15) is 20.8 Å². The lowest BCUT2D eigenvalue weighted by Crippen LogP contribution is -1.87. The van der Waals surface area contributed by atoms with Crippen molar-refractivity contribution in [2.75, 3.05) is 0 Å². The third kappa shape index (κ3) is 2.52. The van der Waals surface area contributed by atoms with Crippen molar-refractivity contribution in [2.24, 2.45) is 0 Å². The minimum absolute atomic E-state index is 0.552. The molecular weight excluding hydrogens is 234 g/mol. The number of rotatable bonds is 3. The molecule has 84 valence electrons. The molecule has 1 aromatic heterocycles. The van der Waals surface area contributed by atoms with Crippen molar-refractivity contribution in [3.8, 4) is 17.6 Å². The summed E-state index contributed by atoms with van der Waals surface area (Å²) in [6.07, 6.45) is 0.788. The number of hydrogen-bond donors (Lipinski definition) is 0. The third-order valence-electron chi connectivity index (χ3n) is 2.26. The van der Waals surface area contributed by atoms with Crippen LogP contribution in [0.3, 0.4) is 0 Å². The topological polar surface area (TPSA) is 50.1 Å². The number of carbonyl (C=O) groups is 1. The van der Waals surface area contributed by atoms with Crippen molar-refractivity contribution in [1.29, 1.82) is 5.26 Å².